The third kappa shape index (κ3) is 2.77. The largest absolute Gasteiger partial charge is 0.487 e. The van der Waals surface area contributed by atoms with Crippen molar-refractivity contribution in [3.05, 3.63) is 47.3 Å². The second kappa shape index (κ2) is 5.60. The van der Waals surface area contributed by atoms with E-state index in [0.717, 1.165) is 35.6 Å². The van der Waals surface area contributed by atoms with Crippen molar-refractivity contribution in [1.29, 1.82) is 0 Å². The molecule has 1 aromatic heterocycles. The van der Waals surface area contributed by atoms with Crippen LogP contribution in [0.4, 0.5) is 0 Å². The van der Waals surface area contributed by atoms with Crippen LogP contribution in [0.3, 0.4) is 0 Å². The van der Waals surface area contributed by atoms with Gasteiger partial charge < -0.3 is 9.94 Å². The topological polar surface area (TPSA) is 59.6 Å². The molecule has 1 aliphatic carbocycles. The molecule has 0 fully saturated rings. The van der Waals surface area contributed by atoms with Crippen LogP contribution in [-0.2, 0) is 13.0 Å². The van der Waals surface area contributed by atoms with Gasteiger partial charge in [-0.2, -0.15) is 5.10 Å². The number of aromatic nitrogens is 2. The molecule has 0 bridgehead atoms. The first-order valence-electron chi connectivity index (χ1n) is 7.18. The number of nitrogens with zero attached hydrogens (tertiary/aromatic N) is 3. The Morgan fingerprint density at radius 1 is 1.33 bits per heavy atom. The van der Waals surface area contributed by atoms with E-state index in [2.05, 4.69) is 24.1 Å². The van der Waals surface area contributed by atoms with E-state index in [-0.39, 0.29) is 0 Å². The van der Waals surface area contributed by atoms with Gasteiger partial charge in [-0.1, -0.05) is 5.16 Å². The summed E-state index contributed by atoms with van der Waals surface area (Å²) in [6, 6.07) is 8.22. The molecule has 5 nitrogen and oxygen atoms in total. The van der Waals surface area contributed by atoms with Crippen LogP contribution in [0.5, 0.6) is 5.75 Å². The van der Waals surface area contributed by atoms with E-state index in [9.17, 15) is 0 Å². The number of rotatable bonds is 4. The van der Waals surface area contributed by atoms with E-state index in [4.69, 9.17) is 9.94 Å². The smallest absolute Gasteiger partial charge is 0.132 e. The highest BCUT2D eigenvalue weighted by Crippen LogP contribution is 2.27. The van der Waals surface area contributed by atoms with E-state index in [0.29, 0.717) is 12.6 Å². The Balaban J connectivity index is 1.68. The Kier molecular flexibility index (Phi) is 3.64. The Morgan fingerprint density at radius 3 is 2.90 bits per heavy atom. The second-order valence-corrected chi connectivity index (χ2v) is 5.54. The second-order valence-electron chi connectivity index (χ2n) is 5.54. The fourth-order valence-electron chi connectivity index (χ4n) is 2.54. The lowest BCUT2D eigenvalue weighted by Gasteiger charge is -2.07. The van der Waals surface area contributed by atoms with Crippen LogP contribution in [0.1, 0.15) is 43.1 Å². The van der Waals surface area contributed by atoms with Gasteiger partial charge in [-0.3, -0.25) is 4.68 Å². The number of fused-ring (bicyclic) bond motifs is 1. The first kappa shape index (κ1) is 13.7. The zero-order chi connectivity index (χ0) is 14.8. The summed E-state index contributed by atoms with van der Waals surface area (Å²) >= 11 is 0. The minimum absolute atomic E-state index is 0.356. The molecular weight excluding hydrogens is 266 g/mol. The summed E-state index contributed by atoms with van der Waals surface area (Å²) in [5.41, 5.74) is 3.87. The molecule has 5 heteroatoms. The molecule has 0 saturated heterocycles. The van der Waals surface area contributed by atoms with Crippen molar-refractivity contribution >= 4 is 5.71 Å². The fraction of sp³-hybridized carbons (Fsp3) is 0.375. The van der Waals surface area contributed by atoms with Gasteiger partial charge in [0.2, 0.25) is 0 Å². The molecule has 1 aromatic carbocycles. The Labute approximate surface area is 123 Å². The van der Waals surface area contributed by atoms with Crippen molar-refractivity contribution in [2.75, 3.05) is 0 Å². The summed E-state index contributed by atoms with van der Waals surface area (Å²) in [5.74, 6) is 0.826. The summed E-state index contributed by atoms with van der Waals surface area (Å²) in [4.78, 5) is 0. The average Bonchev–Trinajstić information content (AvgIpc) is 3.11. The quantitative estimate of drug-likeness (QED) is 0.693. The van der Waals surface area contributed by atoms with Crippen molar-refractivity contribution in [2.24, 2.45) is 5.16 Å². The lowest BCUT2D eigenvalue weighted by molar-refractivity contribution is 0.298. The lowest BCUT2D eigenvalue weighted by atomic mass is 10.1. The molecule has 1 heterocycles. The van der Waals surface area contributed by atoms with Crippen molar-refractivity contribution < 1.29 is 9.94 Å². The van der Waals surface area contributed by atoms with Crippen LogP contribution in [-0.4, -0.2) is 20.7 Å². The van der Waals surface area contributed by atoms with E-state index < -0.39 is 0 Å². The average molecular weight is 285 g/mol. The highest BCUT2D eigenvalue weighted by molar-refractivity contribution is 6.04. The van der Waals surface area contributed by atoms with E-state index in [1.54, 1.807) is 0 Å². The molecule has 1 N–H and O–H groups in total. The summed E-state index contributed by atoms with van der Waals surface area (Å²) in [6.07, 6.45) is 3.65. The standard InChI is InChI=1S/C16H19N3O2/c1-11(2)19-8-7-13(17-19)10-21-14-4-5-15-12(9-14)3-6-16(15)18-20/h4-5,7-9,11,20H,3,6,10H2,1-2H3/b18-16+. The Hall–Kier alpha value is -2.30. The predicted octanol–water partition coefficient (Wildman–Crippen LogP) is 3.17. The fourth-order valence-corrected chi connectivity index (χ4v) is 2.54. The maximum absolute atomic E-state index is 8.93. The zero-order valence-corrected chi connectivity index (χ0v) is 12.3. The third-order valence-electron chi connectivity index (χ3n) is 3.72. The molecule has 0 aliphatic heterocycles. The van der Waals surface area contributed by atoms with E-state index in [1.165, 1.54) is 5.56 Å². The van der Waals surface area contributed by atoms with Gasteiger partial charge in [-0.15, -0.1) is 0 Å². The first-order valence-corrected chi connectivity index (χ1v) is 7.18. The number of ether oxygens (including phenoxy) is 1. The van der Waals surface area contributed by atoms with Gasteiger partial charge in [0.25, 0.3) is 0 Å². The Morgan fingerprint density at radius 2 is 2.19 bits per heavy atom. The molecule has 0 atom stereocenters. The molecule has 21 heavy (non-hydrogen) atoms. The molecule has 0 amide bonds. The van der Waals surface area contributed by atoms with Gasteiger partial charge in [0.05, 0.1) is 11.4 Å². The summed E-state index contributed by atoms with van der Waals surface area (Å²) in [7, 11) is 0. The highest BCUT2D eigenvalue weighted by Gasteiger charge is 2.18. The summed E-state index contributed by atoms with van der Waals surface area (Å²) < 4.78 is 7.72. The minimum Gasteiger partial charge on any atom is -0.487 e. The summed E-state index contributed by atoms with van der Waals surface area (Å²) in [6.45, 7) is 4.65. The van der Waals surface area contributed by atoms with Gasteiger partial charge in [-0.25, -0.2) is 0 Å². The van der Waals surface area contributed by atoms with Crippen molar-refractivity contribution in [1.82, 2.24) is 9.78 Å². The predicted molar refractivity (Wildman–Crippen MR) is 80.0 cm³/mol. The Bertz CT molecular complexity index is 674. The van der Waals surface area contributed by atoms with Crippen LogP contribution >= 0.6 is 0 Å². The third-order valence-corrected chi connectivity index (χ3v) is 3.72. The lowest BCUT2D eigenvalue weighted by Crippen LogP contribution is -2.03. The van der Waals surface area contributed by atoms with Gasteiger partial charge in [-0.05, 0) is 56.5 Å². The molecule has 1 aliphatic rings. The van der Waals surface area contributed by atoms with Crippen molar-refractivity contribution in [3.63, 3.8) is 0 Å². The number of hydrogen-bond donors (Lipinski definition) is 1. The number of hydrogen-bond acceptors (Lipinski definition) is 4. The zero-order valence-electron chi connectivity index (χ0n) is 12.3. The van der Waals surface area contributed by atoms with Crippen LogP contribution in [0, 0.1) is 0 Å². The number of benzene rings is 1. The van der Waals surface area contributed by atoms with Crippen LogP contribution in [0.25, 0.3) is 0 Å². The SMILES string of the molecule is CC(C)n1ccc(COc2ccc3c(c2)CC/C3=N\O)n1. The normalized spacial score (nSPS) is 15.7. The van der Waals surface area contributed by atoms with Crippen LogP contribution < -0.4 is 4.74 Å². The molecule has 0 unspecified atom stereocenters. The van der Waals surface area contributed by atoms with Gasteiger partial charge >= 0.3 is 0 Å². The first-order chi connectivity index (χ1) is 10.2. The summed E-state index contributed by atoms with van der Waals surface area (Å²) in [5, 5.41) is 16.7. The molecule has 0 spiro atoms. The number of oxime groups is 1. The molecule has 110 valence electrons. The molecule has 0 radical (unpaired) electrons. The van der Waals surface area contributed by atoms with E-state index >= 15 is 0 Å². The van der Waals surface area contributed by atoms with Gasteiger partial charge in [0.1, 0.15) is 12.4 Å². The van der Waals surface area contributed by atoms with Crippen LogP contribution in [0.2, 0.25) is 0 Å². The highest BCUT2D eigenvalue weighted by atomic mass is 16.5. The monoisotopic (exact) mass is 285 g/mol. The van der Waals surface area contributed by atoms with Crippen molar-refractivity contribution in [2.45, 2.75) is 39.3 Å². The molecule has 2 aromatic rings. The maximum atomic E-state index is 8.93. The van der Waals surface area contributed by atoms with Crippen LogP contribution in [0.15, 0.2) is 35.6 Å². The van der Waals surface area contributed by atoms with Gasteiger partial charge in [0.15, 0.2) is 0 Å². The maximum Gasteiger partial charge on any atom is 0.132 e. The minimum atomic E-state index is 0.356. The van der Waals surface area contributed by atoms with Gasteiger partial charge in [0, 0.05) is 17.8 Å². The van der Waals surface area contributed by atoms with Crippen molar-refractivity contribution in [3.8, 4) is 5.75 Å². The molecular formula is C16H19N3O2. The molecule has 3 rings (SSSR count). The molecule has 0 saturated carbocycles. The number of aryl methyl sites for hydroxylation is 1. The van der Waals surface area contributed by atoms with E-state index in [1.807, 2.05) is 35.1 Å².